The van der Waals surface area contributed by atoms with Crippen molar-refractivity contribution in [3.63, 3.8) is 0 Å². The van der Waals surface area contributed by atoms with Crippen LogP contribution >= 0.6 is 0 Å². The van der Waals surface area contributed by atoms with Gasteiger partial charge in [-0.05, 0) is 17.7 Å². The highest BCUT2D eigenvalue weighted by Crippen LogP contribution is 2.22. The Morgan fingerprint density at radius 3 is 2.24 bits per heavy atom. The van der Waals surface area contributed by atoms with Crippen LogP contribution < -0.4 is 0 Å². The topological polar surface area (TPSA) is 52.6 Å². The maximum Gasteiger partial charge on any atom is 0.313 e. The van der Waals surface area contributed by atoms with E-state index < -0.39 is 23.7 Å². The third-order valence-corrected chi connectivity index (χ3v) is 2.36. The molecule has 1 rings (SSSR count). The molecule has 5 heteroatoms. The molecule has 92 valence electrons. The number of rotatable bonds is 4. The van der Waals surface area contributed by atoms with Crippen molar-refractivity contribution >= 4 is 11.9 Å². The number of carbonyl (C=O) groups excluding carboxylic acids is 2. The summed E-state index contributed by atoms with van der Waals surface area (Å²) in [4.78, 5) is 22.7. The van der Waals surface area contributed by atoms with Crippen LogP contribution in [0.15, 0.2) is 24.3 Å². The summed E-state index contributed by atoms with van der Waals surface area (Å²) >= 11 is 0. The summed E-state index contributed by atoms with van der Waals surface area (Å²) in [6.45, 7) is 0. The van der Waals surface area contributed by atoms with E-state index in [9.17, 15) is 14.0 Å². The van der Waals surface area contributed by atoms with E-state index in [1.54, 1.807) is 0 Å². The van der Waals surface area contributed by atoms with Crippen molar-refractivity contribution in [2.24, 2.45) is 0 Å². The Labute approximate surface area is 98.3 Å². The highest BCUT2D eigenvalue weighted by Gasteiger charge is 2.25. The summed E-state index contributed by atoms with van der Waals surface area (Å²) in [5.41, 5.74) is 0.517. The quantitative estimate of drug-likeness (QED) is 0.751. The molecule has 1 aromatic carbocycles. The summed E-state index contributed by atoms with van der Waals surface area (Å²) in [6, 6.07) is 5.34. The number of halogens is 1. The molecule has 0 unspecified atom stereocenters. The van der Waals surface area contributed by atoms with E-state index >= 15 is 0 Å². The van der Waals surface area contributed by atoms with Gasteiger partial charge in [0.05, 0.1) is 26.6 Å². The summed E-state index contributed by atoms with van der Waals surface area (Å²) in [7, 11) is 2.47. The Bertz CT molecular complexity index is 399. The molecule has 0 aliphatic rings. The molecule has 17 heavy (non-hydrogen) atoms. The molecule has 0 heterocycles. The van der Waals surface area contributed by atoms with Crippen molar-refractivity contribution in [3.05, 3.63) is 35.6 Å². The molecule has 0 saturated carbocycles. The van der Waals surface area contributed by atoms with Crippen LogP contribution in [-0.4, -0.2) is 26.2 Å². The number of ether oxygens (including phenoxy) is 2. The van der Waals surface area contributed by atoms with Crippen molar-refractivity contribution in [3.8, 4) is 0 Å². The zero-order valence-corrected chi connectivity index (χ0v) is 9.60. The molecule has 0 radical (unpaired) electrons. The third-order valence-electron chi connectivity index (χ3n) is 2.36. The molecule has 0 spiro atoms. The lowest BCUT2D eigenvalue weighted by molar-refractivity contribution is -0.149. The van der Waals surface area contributed by atoms with Crippen LogP contribution in [0.25, 0.3) is 0 Å². The highest BCUT2D eigenvalue weighted by molar-refractivity contribution is 5.84. The molecule has 0 amide bonds. The summed E-state index contributed by atoms with van der Waals surface area (Å²) in [5.74, 6) is -2.25. The Morgan fingerprint density at radius 1 is 1.18 bits per heavy atom. The van der Waals surface area contributed by atoms with Gasteiger partial charge in [-0.1, -0.05) is 12.1 Å². The molecule has 0 aliphatic heterocycles. The van der Waals surface area contributed by atoms with Gasteiger partial charge in [0.15, 0.2) is 0 Å². The molecular weight excluding hydrogens is 227 g/mol. The molecule has 0 saturated heterocycles. The van der Waals surface area contributed by atoms with Crippen LogP contribution in [-0.2, 0) is 19.1 Å². The van der Waals surface area contributed by atoms with E-state index in [0.29, 0.717) is 5.56 Å². The number of carbonyl (C=O) groups is 2. The van der Waals surface area contributed by atoms with Crippen molar-refractivity contribution in [1.82, 2.24) is 0 Å². The average molecular weight is 240 g/mol. The monoisotopic (exact) mass is 240 g/mol. The standard InChI is InChI=1S/C12H13FO4/c1-16-11(14)7-10(12(15)17-2)8-3-5-9(13)6-4-8/h3-6,10H,7H2,1-2H3/t10-/m0/s1. The average Bonchev–Trinajstić information content (AvgIpc) is 2.36. The van der Waals surface area contributed by atoms with E-state index in [0.717, 1.165) is 0 Å². The zero-order valence-electron chi connectivity index (χ0n) is 9.60. The zero-order chi connectivity index (χ0) is 12.8. The number of esters is 2. The Morgan fingerprint density at radius 2 is 1.76 bits per heavy atom. The van der Waals surface area contributed by atoms with Crippen molar-refractivity contribution < 1.29 is 23.5 Å². The summed E-state index contributed by atoms with van der Waals surface area (Å²) < 4.78 is 21.9. The Balaban J connectivity index is 2.93. The van der Waals surface area contributed by atoms with E-state index in [1.807, 2.05) is 0 Å². The minimum atomic E-state index is -0.770. The lowest BCUT2D eigenvalue weighted by Crippen LogP contribution is -2.18. The van der Waals surface area contributed by atoms with Crippen molar-refractivity contribution in [2.45, 2.75) is 12.3 Å². The van der Waals surface area contributed by atoms with E-state index in [2.05, 4.69) is 9.47 Å². The van der Waals surface area contributed by atoms with Crippen LogP contribution in [0, 0.1) is 5.82 Å². The van der Waals surface area contributed by atoms with Gasteiger partial charge in [0, 0.05) is 0 Å². The fourth-order valence-corrected chi connectivity index (χ4v) is 1.42. The van der Waals surface area contributed by atoms with Gasteiger partial charge in [-0.15, -0.1) is 0 Å². The van der Waals surface area contributed by atoms with E-state index in [1.165, 1.54) is 38.5 Å². The van der Waals surface area contributed by atoms with Crippen molar-refractivity contribution in [1.29, 1.82) is 0 Å². The Hall–Kier alpha value is -1.91. The SMILES string of the molecule is COC(=O)C[C@H](C(=O)OC)c1ccc(F)cc1. The molecule has 0 fully saturated rings. The molecule has 0 N–H and O–H groups in total. The Kier molecular flexibility index (Phi) is 4.63. The first-order valence-corrected chi connectivity index (χ1v) is 4.98. The fourth-order valence-electron chi connectivity index (χ4n) is 1.42. The molecular formula is C12H13FO4. The molecule has 1 aromatic rings. The molecule has 0 bridgehead atoms. The van der Waals surface area contributed by atoms with Gasteiger partial charge in [-0.25, -0.2) is 4.39 Å². The van der Waals surface area contributed by atoms with Gasteiger partial charge >= 0.3 is 11.9 Å². The van der Waals surface area contributed by atoms with Crippen LogP contribution in [0.5, 0.6) is 0 Å². The largest absolute Gasteiger partial charge is 0.469 e. The lowest BCUT2D eigenvalue weighted by atomic mass is 9.96. The number of hydrogen-bond donors (Lipinski definition) is 0. The lowest BCUT2D eigenvalue weighted by Gasteiger charge is -2.13. The van der Waals surface area contributed by atoms with Crippen LogP contribution in [0.3, 0.4) is 0 Å². The van der Waals surface area contributed by atoms with Crippen LogP contribution in [0.4, 0.5) is 4.39 Å². The maximum atomic E-state index is 12.8. The van der Waals surface area contributed by atoms with Crippen LogP contribution in [0.2, 0.25) is 0 Å². The molecule has 1 atom stereocenters. The summed E-state index contributed by atoms with van der Waals surface area (Å²) in [5, 5.41) is 0. The minimum Gasteiger partial charge on any atom is -0.469 e. The van der Waals surface area contributed by atoms with Gasteiger partial charge in [0.1, 0.15) is 5.82 Å². The minimum absolute atomic E-state index is 0.130. The van der Waals surface area contributed by atoms with E-state index in [4.69, 9.17) is 0 Å². The highest BCUT2D eigenvalue weighted by atomic mass is 19.1. The number of methoxy groups -OCH3 is 2. The fraction of sp³-hybridized carbons (Fsp3) is 0.333. The smallest absolute Gasteiger partial charge is 0.313 e. The number of benzene rings is 1. The second-order valence-electron chi connectivity index (χ2n) is 3.41. The first-order chi connectivity index (χ1) is 8.08. The first kappa shape index (κ1) is 13.2. The van der Waals surface area contributed by atoms with E-state index in [-0.39, 0.29) is 6.42 Å². The maximum absolute atomic E-state index is 12.8. The molecule has 0 aromatic heterocycles. The van der Waals surface area contributed by atoms with Crippen molar-refractivity contribution in [2.75, 3.05) is 14.2 Å². The number of hydrogen-bond acceptors (Lipinski definition) is 4. The normalized spacial score (nSPS) is 11.7. The molecule has 0 aliphatic carbocycles. The second-order valence-corrected chi connectivity index (χ2v) is 3.41. The van der Waals surface area contributed by atoms with Crippen LogP contribution in [0.1, 0.15) is 17.9 Å². The molecule has 4 nitrogen and oxygen atoms in total. The van der Waals surface area contributed by atoms with Gasteiger partial charge in [0.25, 0.3) is 0 Å². The van der Waals surface area contributed by atoms with Gasteiger partial charge in [-0.3, -0.25) is 9.59 Å². The predicted octanol–water partition coefficient (Wildman–Crippen LogP) is 1.65. The summed E-state index contributed by atoms with van der Waals surface area (Å²) in [6.07, 6.45) is -0.130. The third kappa shape index (κ3) is 3.55. The second kappa shape index (κ2) is 5.98. The van der Waals surface area contributed by atoms with Gasteiger partial charge < -0.3 is 9.47 Å². The van der Waals surface area contributed by atoms with Gasteiger partial charge in [-0.2, -0.15) is 0 Å². The van der Waals surface area contributed by atoms with Gasteiger partial charge in [0.2, 0.25) is 0 Å². The predicted molar refractivity (Wildman–Crippen MR) is 57.8 cm³/mol. The first-order valence-electron chi connectivity index (χ1n) is 4.98.